The Morgan fingerprint density at radius 1 is 1.26 bits per heavy atom. The van der Waals surface area contributed by atoms with Crippen LogP contribution in [0.4, 0.5) is 0 Å². The third kappa shape index (κ3) is 3.80. The average Bonchev–Trinajstić information content (AvgIpc) is 3.08. The predicted molar refractivity (Wildman–Crippen MR) is 102 cm³/mol. The van der Waals surface area contributed by atoms with E-state index in [1.165, 1.54) is 5.56 Å². The molecule has 0 atom stereocenters. The van der Waals surface area contributed by atoms with Crippen LogP contribution in [0.15, 0.2) is 42.5 Å². The lowest BCUT2D eigenvalue weighted by molar-refractivity contribution is -0.121. The van der Waals surface area contributed by atoms with Gasteiger partial charge in [0.1, 0.15) is 18.2 Å². The van der Waals surface area contributed by atoms with Gasteiger partial charge in [-0.05, 0) is 42.2 Å². The molecular weight excluding hydrogens is 342 g/mol. The molecule has 27 heavy (non-hydrogen) atoms. The van der Waals surface area contributed by atoms with Gasteiger partial charge in [0.05, 0.1) is 17.6 Å². The number of aliphatic hydroxyl groups excluding tert-OH is 1. The first kappa shape index (κ1) is 17.5. The largest absolute Gasteiger partial charge is 0.493 e. The van der Waals surface area contributed by atoms with E-state index < -0.39 is 0 Å². The number of rotatable bonds is 6. The maximum absolute atomic E-state index is 12.3. The van der Waals surface area contributed by atoms with E-state index in [2.05, 4.69) is 16.4 Å². The minimum Gasteiger partial charge on any atom is -0.493 e. The topological polar surface area (TPSA) is 76.4 Å². The monoisotopic (exact) mass is 365 g/mol. The summed E-state index contributed by atoms with van der Waals surface area (Å²) in [6.07, 6.45) is 2.39. The van der Waals surface area contributed by atoms with Gasteiger partial charge in [-0.1, -0.05) is 24.3 Å². The van der Waals surface area contributed by atoms with E-state index >= 15 is 0 Å². The van der Waals surface area contributed by atoms with Gasteiger partial charge >= 0.3 is 0 Å². The molecule has 1 aromatic heterocycles. The number of benzene rings is 2. The molecule has 2 heterocycles. The summed E-state index contributed by atoms with van der Waals surface area (Å²) in [6, 6.07) is 13.8. The summed E-state index contributed by atoms with van der Waals surface area (Å²) < 4.78 is 7.53. The lowest BCUT2D eigenvalue weighted by atomic mass is 10.0. The molecule has 0 saturated carbocycles. The zero-order valence-corrected chi connectivity index (χ0v) is 15.1. The van der Waals surface area contributed by atoms with Crippen molar-refractivity contribution in [3.8, 4) is 5.75 Å². The first-order chi connectivity index (χ1) is 13.2. The SMILES string of the molecule is O=C(CCn1c(CO)nc2ccccc21)NCc1ccc2c(c1)CCCO2. The molecule has 6 nitrogen and oxygen atoms in total. The Balaban J connectivity index is 1.36. The number of para-hydroxylation sites is 2. The van der Waals surface area contributed by atoms with Crippen molar-refractivity contribution >= 4 is 16.9 Å². The molecule has 4 rings (SSSR count). The molecule has 0 saturated heterocycles. The van der Waals surface area contributed by atoms with Gasteiger partial charge < -0.3 is 19.7 Å². The molecule has 0 fully saturated rings. The molecule has 2 N–H and O–H groups in total. The van der Waals surface area contributed by atoms with Crippen molar-refractivity contribution in [2.45, 2.75) is 39.0 Å². The van der Waals surface area contributed by atoms with Crippen LogP contribution in [0, 0.1) is 0 Å². The van der Waals surface area contributed by atoms with Gasteiger partial charge in [-0.25, -0.2) is 4.98 Å². The van der Waals surface area contributed by atoms with Crippen molar-refractivity contribution in [1.82, 2.24) is 14.9 Å². The highest BCUT2D eigenvalue weighted by Crippen LogP contribution is 2.25. The number of hydrogen-bond donors (Lipinski definition) is 2. The van der Waals surface area contributed by atoms with Gasteiger partial charge in [-0.2, -0.15) is 0 Å². The fourth-order valence-corrected chi connectivity index (χ4v) is 3.52. The van der Waals surface area contributed by atoms with Gasteiger partial charge in [0.25, 0.3) is 0 Å². The number of nitrogens with one attached hydrogen (secondary N) is 1. The Kier molecular flexibility index (Phi) is 5.07. The quantitative estimate of drug-likeness (QED) is 0.704. The van der Waals surface area contributed by atoms with E-state index in [1.807, 2.05) is 41.0 Å². The number of aliphatic hydroxyl groups is 1. The fourth-order valence-electron chi connectivity index (χ4n) is 3.52. The second-order valence-corrected chi connectivity index (χ2v) is 6.75. The summed E-state index contributed by atoms with van der Waals surface area (Å²) in [5.41, 5.74) is 4.06. The minimum absolute atomic E-state index is 0.0226. The van der Waals surface area contributed by atoms with Gasteiger partial charge in [0.2, 0.25) is 5.91 Å². The number of carbonyl (C=O) groups is 1. The summed E-state index contributed by atoms with van der Waals surface area (Å²) >= 11 is 0. The van der Waals surface area contributed by atoms with Crippen LogP contribution in [-0.2, 0) is 30.9 Å². The van der Waals surface area contributed by atoms with Crippen LogP contribution in [0.5, 0.6) is 5.75 Å². The van der Waals surface area contributed by atoms with E-state index in [-0.39, 0.29) is 12.5 Å². The summed E-state index contributed by atoms with van der Waals surface area (Å²) in [7, 11) is 0. The lowest BCUT2D eigenvalue weighted by Gasteiger charge is -2.18. The smallest absolute Gasteiger partial charge is 0.222 e. The van der Waals surface area contributed by atoms with Crippen LogP contribution in [0.3, 0.4) is 0 Å². The zero-order valence-electron chi connectivity index (χ0n) is 15.1. The lowest BCUT2D eigenvalue weighted by Crippen LogP contribution is -2.24. The first-order valence-corrected chi connectivity index (χ1v) is 9.31. The molecule has 3 aromatic rings. The maximum atomic E-state index is 12.3. The maximum Gasteiger partial charge on any atom is 0.222 e. The van der Waals surface area contributed by atoms with Crippen LogP contribution in [0.1, 0.15) is 29.8 Å². The number of imidazole rings is 1. The Morgan fingerprint density at radius 2 is 2.15 bits per heavy atom. The summed E-state index contributed by atoms with van der Waals surface area (Å²) in [6.45, 7) is 1.62. The van der Waals surface area contributed by atoms with Crippen molar-refractivity contribution in [3.05, 3.63) is 59.4 Å². The van der Waals surface area contributed by atoms with Crippen molar-refractivity contribution in [1.29, 1.82) is 0 Å². The summed E-state index contributed by atoms with van der Waals surface area (Å²) in [4.78, 5) is 16.7. The first-order valence-electron chi connectivity index (χ1n) is 9.31. The molecule has 0 aliphatic carbocycles. The predicted octanol–water partition coefficient (Wildman–Crippen LogP) is 2.56. The van der Waals surface area contributed by atoms with Crippen molar-refractivity contribution < 1.29 is 14.6 Å². The average molecular weight is 365 g/mol. The second-order valence-electron chi connectivity index (χ2n) is 6.75. The number of nitrogens with zero attached hydrogens (tertiary/aromatic N) is 2. The van der Waals surface area contributed by atoms with Crippen molar-refractivity contribution in [3.63, 3.8) is 0 Å². The highest BCUT2D eigenvalue weighted by molar-refractivity contribution is 5.78. The molecule has 140 valence electrons. The van der Waals surface area contributed by atoms with Crippen LogP contribution in [0.25, 0.3) is 11.0 Å². The minimum atomic E-state index is -0.145. The number of amides is 1. The van der Waals surface area contributed by atoms with Crippen LogP contribution in [0.2, 0.25) is 0 Å². The number of aromatic nitrogens is 2. The molecular formula is C21H23N3O3. The zero-order chi connectivity index (χ0) is 18.6. The highest BCUT2D eigenvalue weighted by atomic mass is 16.5. The van der Waals surface area contributed by atoms with E-state index in [9.17, 15) is 9.90 Å². The molecule has 1 aliphatic rings. The molecule has 1 aliphatic heterocycles. The Morgan fingerprint density at radius 3 is 3.04 bits per heavy atom. The number of ether oxygens (including phenoxy) is 1. The molecule has 0 spiro atoms. The van der Waals surface area contributed by atoms with Crippen LogP contribution >= 0.6 is 0 Å². The van der Waals surface area contributed by atoms with E-state index in [4.69, 9.17) is 4.74 Å². The third-order valence-corrected chi connectivity index (χ3v) is 4.90. The number of fused-ring (bicyclic) bond motifs is 2. The van der Waals surface area contributed by atoms with Crippen molar-refractivity contribution in [2.24, 2.45) is 0 Å². The van der Waals surface area contributed by atoms with E-state index in [0.29, 0.717) is 25.3 Å². The Labute approximate surface area is 157 Å². The van der Waals surface area contributed by atoms with E-state index in [0.717, 1.165) is 41.8 Å². The standard InChI is InChI=1S/C21H23N3O3/c25-14-20-23-17-5-1-2-6-18(17)24(20)10-9-21(26)22-13-15-7-8-19-16(12-15)4-3-11-27-19/h1-2,5-8,12,25H,3-4,9-11,13-14H2,(H,22,26). The van der Waals surface area contributed by atoms with Gasteiger partial charge in [0.15, 0.2) is 0 Å². The van der Waals surface area contributed by atoms with Crippen LogP contribution < -0.4 is 10.1 Å². The molecule has 2 aromatic carbocycles. The molecule has 6 heteroatoms. The number of aryl methyl sites for hydroxylation is 2. The summed E-state index contributed by atoms with van der Waals surface area (Å²) in [5, 5.41) is 12.5. The third-order valence-electron chi connectivity index (χ3n) is 4.90. The van der Waals surface area contributed by atoms with Crippen LogP contribution in [-0.4, -0.2) is 27.2 Å². The molecule has 1 amide bonds. The van der Waals surface area contributed by atoms with Gasteiger partial charge in [-0.3, -0.25) is 4.79 Å². The van der Waals surface area contributed by atoms with Crippen molar-refractivity contribution in [2.75, 3.05) is 6.61 Å². The fraction of sp³-hybridized carbons (Fsp3) is 0.333. The van der Waals surface area contributed by atoms with Gasteiger partial charge in [-0.15, -0.1) is 0 Å². The molecule has 0 radical (unpaired) electrons. The van der Waals surface area contributed by atoms with Gasteiger partial charge in [0, 0.05) is 19.5 Å². The second kappa shape index (κ2) is 7.80. The highest BCUT2D eigenvalue weighted by Gasteiger charge is 2.13. The normalized spacial score (nSPS) is 13.2. The molecule has 0 unspecified atom stereocenters. The van der Waals surface area contributed by atoms with E-state index in [1.54, 1.807) is 0 Å². The molecule has 0 bridgehead atoms. The number of carbonyl (C=O) groups excluding carboxylic acids is 1. The Hall–Kier alpha value is -2.86. The summed E-state index contributed by atoms with van der Waals surface area (Å²) in [5.74, 6) is 1.52. The number of hydrogen-bond acceptors (Lipinski definition) is 4. The Bertz CT molecular complexity index is 964.